The fourth-order valence-electron chi connectivity index (χ4n) is 6.06. The Hall–Kier alpha value is -4.42. The lowest BCUT2D eigenvalue weighted by Crippen LogP contribution is -2.50. The Labute approximate surface area is 280 Å². The molecule has 3 aromatic carbocycles. The van der Waals surface area contributed by atoms with Gasteiger partial charge in [0.15, 0.2) is 0 Å². The molecule has 0 heterocycles. The number of amides is 1. The summed E-state index contributed by atoms with van der Waals surface area (Å²) in [5.41, 5.74) is 2.22. The fraction of sp³-hybridized carbons (Fsp3) is 0.421. The normalized spacial score (nSPS) is 12.3. The van der Waals surface area contributed by atoms with Gasteiger partial charge in [0.2, 0.25) is 0 Å². The number of benzene rings is 3. The number of nitro benzene ring substituents is 1. The van der Waals surface area contributed by atoms with Crippen molar-refractivity contribution in [3.05, 3.63) is 105 Å². The van der Waals surface area contributed by atoms with Crippen LogP contribution in [0.3, 0.4) is 0 Å². The molecule has 0 spiro atoms. The molecule has 0 aromatic heterocycles. The third-order valence-corrected chi connectivity index (χ3v) is 14.2. The first kappa shape index (κ1) is 37.0. The number of nitro groups is 1. The molecular weight excluding hydrogens is 609 g/mol. The number of aryl methyl sites for hydroxylation is 1. The van der Waals surface area contributed by atoms with Crippen molar-refractivity contribution >= 4 is 25.9 Å². The van der Waals surface area contributed by atoms with Gasteiger partial charge in [-0.2, -0.15) is 0 Å². The first-order chi connectivity index (χ1) is 22.0. The summed E-state index contributed by atoms with van der Waals surface area (Å²) in [6.45, 7) is 18.7. The third-order valence-electron chi connectivity index (χ3n) is 8.21. The minimum Gasteiger partial charge on any atom is -0.543 e. The van der Waals surface area contributed by atoms with E-state index in [4.69, 9.17) is 9.16 Å². The molecule has 8 nitrogen and oxygen atoms in total. The van der Waals surface area contributed by atoms with Crippen molar-refractivity contribution in [1.82, 2.24) is 5.32 Å². The zero-order chi connectivity index (χ0) is 34.9. The Morgan fingerprint density at radius 1 is 0.872 bits per heavy atom. The maximum absolute atomic E-state index is 13.4. The quantitative estimate of drug-likeness (QED) is 0.0688. The van der Waals surface area contributed by atoms with Gasteiger partial charge in [0.25, 0.3) is 19.9 Å². The predicted octanol–water partition coefficient (Wildman–Crippen LogP) is 8.62. The lowest BCUT2D eigenvalue weighted by molar-refractivity contribution is -0.385. The Morgan fingerprint density at radius 3 is 2.00 bits per heavy atom. The number of esters is 1. The number of hydrogen-bond donors (Lipinski definition) is 1. The molecule has 0 aliphatic rings. The molecular formula is C38H48N2O6Si. The first-order valence-corrected chi connectivity index (χ1v) is 18.3. The number of rotatable bonds is 12. The lowest BCUT2D eigenvalue weighted by atomic mass is 10.0. The molecule has 0 bridgehead atoms. The van der Waals surface area contributed by atoms with Crippen molar-refractivity contribution in [2.45, 2.75) is 103 Å². The van der Waals surface area contributed by atoms with Crippen molar-refractivity contribution in [3.8, 4) is 17.6 Å². The number of nitrogens with one attached hydrogen (secondary N) is 1. The zero-order valence-electron chi connectivity index (χ0n) is 29.0. The standard InChI is InChI=1S/C38H48N2O6Si/c1-26(2)47(27(3)4,28(5)6)46-33-21-16-30(17-22-33)15-19-31-25-32(20-24-35(31)40(43)44)36(41)39-34(37(42)45-38(7,8)9)23-18-29-13-11-10-12-14-29/h10-14,16-17,20-22,24-28,34H,18,23H2,1-9H3,(H,39,41)/t34-/m0/s1. The van der Waals surface area contributed by atoms with E-state index in [2.05, 4.69) is 58.7 Å². The molecule has 0 radical (unpaired) electrons. The average molecular weight is 657 g/mol. The second-order valence-electron chi connectivity index (χ2n) is 13.8. The van der Waals surface area contributed by atoms with E-state index >= 15 is 0 Å². The van der Waals surface area contributed by atoms with Crippen LogP contribution in [0.25, 0.3) is 0 Å². The van der Waals surface area contributed by atoms with E-state index in [0.29, 0.717) is 35.0 Å². The Morgan fingerprint density at radius 2 is 1.47 bits per heavy atom. The molecule has 0 aliphatic heterocycles. The maximum Gasteiger partial charge on any atom is 0.329 e. The highest BCUT2D eigenvalue weighted by atomic mass is 28.4. The molecule has 0 saturated carbocycles. The first-order valence-electron chi connectivity index (χ1n) is 16.2. The number of hydrogen-bond acceptors (Lipinski definition) is 6. The van der Waals surface area contributed by atoms with Crippen LogP contribution in [-0.4, -0.2) is 36.8 Å². The Bertz CT molecular complexity index is 1580. The van der Waals surface area contributed by atoms with Gasteiger partial charge < -0.3 is 14.5 Å². The van der Waals surface area contributed by atoms with Gasteiger partial charge in [0.05, 0.1) is 4.92 Å². The van der Waals surface area contributed by atoms with Gasteiger partial charge >= 0.3 is 5.97 Å². The van der Waals surface area contributed by atoms with E-state index in [1.54, 1.807) is 20.8 Å². The van der Waals surface area contributed by atoms with Crippen LogP contribution in [0.4, 0.5) is 5.69 Å². The van der Waals surface area contributed by atoms with E-state index in [-0.39, 0.29) is 16.8 Å². The van der Waals surface area contributed by atoms with Gasteiger partial charge in [-0.1, -0.05) is 83.7 Å². The molecule has 3 aromatic rings. The Kier molecular flexibility index (Phi) is 12.5. The van der Waals surface area contributed by atoms with E-state index in [9.17, 15) is 19.7 Å². The summed E-state index contributed by atoms with van der Waals surface area (Å²) >= 11 is 0. The number of nitrogens with zero attached hydrogens (tertiary/aromatic N) is 1. The van der Waals surface area contributed by atoms with Gasteiger partial charge in [-0.25, -0.2) is 4.79 Å². The average Bonchev–Trinajstić information content (AvgIpc) is 3.00. The number of ether oxygens (including phenoxy) is 1. The second kappa shape index (κ2) is 15.9. The molecule has 0 unspecified atom stereocenters. The van der Waals surface area contributed by atoms with Crippen molar-refractivity contribution < 1.29 is 23.7 Å². The summed E-state index contributed by atoms with van der Waals surface area (Å²) in [6, 6.07) is 20.2. The summed E-state index contributed by atoms with van der Waals surface area (Å²) in [6.07, 6.45) is 0.862. The molecule has 1 amide bonds. The fourth-order valence-corrected chi connectivity index (χ4v) is 11.3. The molecule has 47 heavy (non-hydrogen) atoms. The highest BCUT2D eigenvalue weighted by Crippen LogP contribution is 2.42. The van der Waals surface area contributed by atoms with Crippen LogP contribution in [0.5, 0.6) is 5.75 Å². The van der Waals surface area contributed by atoms with Gasteiger partial charge in [0.1, 0.15) is 23.0 Å². The smallest absolute Gasteiger partial charge is 0.329 e. The highest BCUT2D eigenvalue weighted by molar-refractivity contribution is 6.78. The van der Waals surface area contributed by atoms with Crippen LogP contribution in [0.15, 0.2) is 72.8 Å². The van der Waals surface area contributed by atoms with Crippen molar-refractivity contribution in [3.63, 3.8) is 0 Å². The van der Waals surface area contributed by atoms with Crippen molar-refractivity contribution in [2.75, 3.05) is 0 Å². The lowest BCUT2D eigenvalue weighted by Gasteiger charge is -2.42. The molecule has 1 atom stereocenters. The van der Waals surface area contributed by atoms with Crippen LogP contribution in [-0.2, 0) is 16.0 Å². The van der Waals surface area contributed by atoms with Crippen LogP contribution in [0, 0.1) is 22.0 Å². The topological polar surface area (TPSA) is 108 Å². The largest absolute Gasteiger partial charge is 0.543 e. The van der Waals surface area contributed by atoms with Gasteiger partial charge in [-0.3, -0.25) is 14.9 Å². The predicted molar refractivity (Wildman–Crippen MR) is 189 cm³/mol. The minimum atomic E-state index is -2.13. The SMILES string of the molecule is CC(C)[Si](Oc1ccc(C#Cc2cc(C(=O)N[C@@H](CCc3ccccc3)C(=O)OC(C)(C)C)ccc2[N+](=O)[O-])cc1)(C(C)C)C(C)C. The van der Waals surface area contributed by atoms with Gasteiger partial charge in [-0.05, 0) is 92.2 Å². The second-order valence-corrected chi connectivity index (χ2v) is 19.1. The van der Waals surface area contributed by atoms with Gasteiger partial charge in [0, 0.05) is 17.2 Å². The van der Waals surface area contributed by atoms with E-state index in [1.807, 2.05) is 54.6 Å². The zero-order valence-corrected chi connectivity index (χ0v) is 30.0. The molecule has 3 rings (SSSR count). The van der Waals surface area contributed by atoms with Crippen molar-refractivity contribution in [2.24, 2.45) is 0 Å². The summed E-state index contributed by atoms with van der Waals surface area (Å²) < 4.78 is 12.3. The van der Waals surface area contributed by atoms with Gasteiger partial charge in [-0.15, -0.1) is 0 Å². The number of carbonyl (C=O) groups is 2. The van der Waals surface area contributed by atoms with Crippen molar-refractivity contribution in [1.29, 1.82) is 0 Å². The molecule has 0 fully saturated rings. The summed E-state index contributed by atoms with van der Waals surface area (Å²) in [5.74, 6) is 5.57. The summed E-state index contributed by atoms with van der Waals surface area (Å²) in [5, 5.41) is 14.6. The summed E-state index contributed by atoms with van der Waals surface area (Å²) in [7, 11) is -2.13. The Balaban J connectivity index is 1.86. The van der Waals surface area contributed by atoms with E-state index in [1.165, 1.54) is 18.2 Å². The molecule has 0 aliphatic carbocycles. The summed E-state index contributed by atoms with van der Waals surface area (Å²) in [4.78, 5) is 37.8. The van der Waals surface area contributed by atoms with Crippen LogP contribution < -0.4 is 9.74 Å². The van der Waals surface area contributed by atoms with Crippen LogP contribution in [0.2, 0.25) is 16.6 Å². The molecule has 1 N–H and O–H groups in total. The third kappa shape index (κ3) is 10.0. The number of carbonyl (C=O) groups excluding carboxylic acids is 2. The highest BCUT2D eigenvalue weighted by Gasteiger charge is 2.47. The monoisotopic (exact) mass is 656 g/mol. The van der Waals surface area contributed by atoms with Crippen LogP contribution >= 0.6 is 0 Å². The maximum atomic E-state index is 13.4. The van der Waals surface area contributed by atoms with Crippen LogP contribution in [0.1, 0.15) is 95.8 Å². The molecule has 250 valence electrons. The van der Waals surface area contributed by atoms with E-state index < -0.39 is 36.8 Å². The van der Waals surface area contributed by atoms with E-state index in [0.717, 1.165) is 11.3 Å². The molecule has 9 heteroatoms. The minimum absolute atomic E-state index is 0.0897. The molecule has 0 saturated heterocycles.